The van der Waals surface area contributed by atoms with Crippen molar-refractivity contribution in [2.45, 2.75) is 13.5 Å². The molecule has 1 fully saturated rings. The Morgan fingerprint density at radius 2 is 1.55 bits per heavy atom. The van der Waals surface area contributed by atoms with Gasteiger partial charge in [-0.25, -0.2) is 9.69 Å². The number of para-hydroxylation sites is 2. The van der Waals surface area contributed by atoms with Crippen molar-refractivity contribution in [3.05, 3.63) is 107 Å². The molecule has 0 saturated carbocycles. The van der Waals surface area contributed by atoms with Crippen LogP contribution in [0.25, 0.3) is 17.0 Å². The van der Waals surface area contributed by atoms with Crippen molar-refractivity contribution in [2.75, 3.05) is 4.90 Å². The summed E-state index contributed by atoms with van der Waals surface area (Å²) in [6.07, 6.45) is 3.50. The van der Waals surface area contributed by atoms with Crippen LogP contribution < -0.4 is 10.2 Å². The summed E-state index contributed by atoms with van der Waals surface area (Å²) >= 11 is 0. The number of barbiturate groups is 1. The highest BCUT2D eigenvalue weighted by Crippen LogP contribution is 2.27. The Labute approximate surface area is 190 Å². The Kier molecular flexibility index (Phi) is 5.11. The largest absolute Gasteiger partial charge is 0.342 e. The first-order valence-electron chi connectivity index (χ1n) is 10.6. The van der Waals surface area contributed by atoms with Gasteiger partial charge in [0.2, 0.25) is 0 Å². The minimum atomic E-state index is -0.754. The average Bonchev–Trinajstić information content (AvgIpc) is 3.16. The van der Waals surface area contributed by atoms with Gasteiger partial charge in [0.05, 0.1) is 5.69 Å². The summed E-state index contributed by atoms with van der Waals surface area (Å²) in [6.45, 7) is 2.70. The van der Waals surface area contributed by atoms with Crippen molar-refractivity contribution in [3.8, 4) is 0 Å². The van der Waals surface area contributed by atoms with E-state index in [1.807, 2.05) is 30.5 Å². The van der Waals surface area contributed by atoms with Crippen LogP contribution in [0.1, 0.15) is 16.7 Å². The highest BCUT2D eigenvalue weighted by molar-refractivity contribution is 6.39. The number of hydrogen-bond donors (Lipinski definition) is 1. The minimum Gasteiger partial charge on any atom is -0.342 e. The first-order chi connectivity index (χ1) is 16.0. The van der Waals surface area contributed by atoms with Crippen molar-refractivity contribution in [3.63, 3.8) is 0 Å². The van der Waals surface area contributed by atoms with Gasteiger partial charge in [-0.05, 0) is 36.8 Å². The van der Waals surface area contributed by atoms with Gasteiger partial charge >= 0.3 is 6.03 Å². The molecule has 4 aromatic rings. The van der Waals surface area contributed by atoms with E-state index in [1.165, 1.54) is 5.56 Å². The fourth-order valence-corrected chi connectivity index (χ4v) is 4.04. The Balaban J connectivity index is 1.56. The van der Waals surface area contributed by atoms with Gasteiger partial charge in [0.25, 0.3) is 11.8 Å². The zero-order valence-electron chi connectivity index (χ0n) is 18.0. The van der Waals surface area contributed by atoms with E-state index in [0.717, 1.165) is 26.9 Å². The molecule has 1 aliphatic heterocycles. The highest BCUT2D eigenvalue weighted by Gasteiger charge is 2.36. The van der Waals surface area contributed by atoms with Crippen molar-refractivity contribution in [1.82, 2.24) is 9.88 Å². The Morgan fingerprint density at radius 1 is 0.848 bits per heavy atom. The SMILES string of the molecule is Cc1ccc(Cn2cc(/C=C3/C(=O)NC(=O)N(c4ccccc4)C3=O)c3ccccc32)cc1. The lowest BCUT2D eigenvalue weighted by Crippen LogP contribution is -2.54. The number of aryl methyl sites for hydroxylation is 1. The molecule has 6 nitrogen and oxygen atoms in total. The predicted molar refractivity (Wildman–Crippen MR) is 128 cm³/mol. The zero-order chi connectivity index (χ0) is 22.9. The van der Waals surface area contributed by atoms with Crippen LogP contribution in [0.3, 0.4) is 0 Å². The molecule has 0 aliphatic carbocycles. The molecular weight excluding hydrogens is 414 g/mol. The van der Waals surface area contributed by atoms with E-state index in [1.54, 1.807) is 36.4 Å². The lowest BCUT2D eigenvalue weighted by Gasteiger charge is -2.26. The maximum atomic E-state index is 13.2. The first kappa shape index (κ1) is 20.5. The number of fused-ring (bicyclic) bond motifs is 1. The highest BCUT2D eigenvalue weighted by atomic mass is 16.2. The zero-order valence-corrected chi connectivity index (χ0v) is 18.0. The summed E-state index contributed by atoms with van der Waals surface area (Å²) in [4.78, 5) is 39.2. The lowest BCUT2D eigenvalue weighted by atomic mass is 10.1. The molecule has 6 heteroatoms. The van der Waals surface area contributed by atoms with Gasteiger partial charge in [-0.3, -0.25) is 14.9 Å². The maximum Gasteiger partial charge on any atom is 0.335 e. The van der Waals surface area contributed by atoms with Crippen LogP contribution >= 0.6 is 0 Å². The number of urea groups is 1. The Bertz CT molecular complexity index is 1420. The number of hydrogen-bond acceptors (Lipinski definition) is 3. The molecule has 1 N–H and O–H groups in total. The monoisotopic (exact) mass is 435 g/mol. The van der Waals surface area contributed by atoms with Crippen LogP contribution in [0.5, 0.6) is 0 Å². The van der Waals surface area contributed by atoms with Crippen molar-refractivity contribution in [2.24, 2.45) is 0 Å². The van der Waals surface area contributed by atoms with E-state index >= 15 is 0 Å². The maximum absolute atomic E-state index is 13.2. The number of anilines is 1. The molecule has 3 aromatic carbocycles. The van der Waals surface area contributed by atoms with Crippen molar-refractivity contribution >= 4 is 40.5 Å². The molecule has 0 unspecified atom stereocenters. The molecule has 2 heterocycles. The number of imide groups is 2. The van der Waals surface area contributed by atoms with Gasteiger partial charge < -0.3 is 4.57 Å². The molecule has 33 heavy (non-hydrogen) atoms. The second kappa shape index (κ2) is 8.24. The summed E-state index contributed by atoms with van der Waals surface area (Å²) in [5, 5.41) is 3.20. The number of aromatic nitrogens is 1. The molecular formula is C27H21N3O3. The van der Waals surface area contributed by atoms with Gasteiger partial charge in [-0.1, -0.05) is 66.2 Å². The number of nitrogens with zero attached hydrogens (tertiary/aromatic N) is 2. The van der Waals surface area contributed by atoms with Gasteiger partial charge in [0.15, 0.2) is 0 Å². The number of carbonyl (C=O) groups excluding carboxylic acids is 3. The molecule has 0 radical (unpaired) electrons. The van der Waals surface area contributed by atoms with Crippen LogP contribution in [0, 0.1) is 6.92 Å². The van der Waals surface area contributed by atoms with E-state index in [0.29, 0.717) is 12.2 Å². The normalized spacial score (nSPS) is 15.4. The fourth-order valence-electron chi connectivity index (χ4n) is 4.04. The van der Waals surface area contributed by atoms with E-state index in [9.17, 15) is 14.4 Å². The van der Waals surface area contributed by atoms with Crippen molar-refractivity contribution in [1.29, 1.82) is 0 Å². The third-order valence-corrected chi connectivity index (χ3v) is 5.71. The molecule has 5 rings (SSSR count). The number of carbonyl (C=O) groups is 3. The predicted octanol–water partition coefficient (Wildman–Crippen LogP) is 4.66. The van der Waals surface area contributed by atoms with Gasteiger partial charge in [0, 0.05) is 29.2 Å². The second-order valence-electron chi connectivity index (χ2n) is 8.01. The van der Waals surface area contributed by atoms with Gasteiger partial charge in [-0.2, -0.15) is 0 Å². The molecule has 1 aromatic heterocycles. The van der Waals surface area contributed by atoms with Crippen LogP contribution in [0.2, 0.25) is 0 Å². The molecule has 0 spiro atoms. The fraction of sp³-hybridized carbons (Fsp3) is 0.0741. The van der Waals surface area contributed by atoms with Crippen LogP contribution in [0.4, 0.5) is 10.5 Å². The first-order valence-corrected chi connectivity index (χ1v) is 10.6. The number of amides is 4. The van der Waals surface area contributed by atoms with Crippen LogP contribution in [0.15, 0.2) is 90.6 Å². The lowest BCUT2D eigenvalue weighted by molar-refractivity contribution is -0.122. The molecule has 4 amide bonds. The molecule has 0 bridgehead atoms. The number of benzene rings is 3. The Hall–Kier alpha value is -4.45. The van der Waals surface area contributed by atoms with Crippen molar-refractivity contribution < 1.29 is 14.4 Å². The average molecular weight is 435 g/mol. The van der Waals surface area contributed by atoms with E-state index in [-0.39, 0.29) is 5.57 Å². The van der Waals surface area contributed by atoms with E-state index < -0.39 is 17.8 Å². The molecule has 162 valence electrons. The quantitative estimate of drug-likeness (QED) is 0.374. The molecule has 0 atom stereocenters. The third-order valence-electron chi connectivity index (χ3n) is 5.71. The molecule has 1 saturated heterocycles. The van der Waals surface area contributed by atoms with Gasteiger partial charge in [-0.15, -0.1) is 0 Å². The summed E-state index contributed by atoms with van der Waals surface area (Å²) in [7, 11) is 0. The van der Waals surface area contributed by atoms with Crippen LogP contribution in [-0.2, 0) is 16.1 Å². The summed E-state index contributed by atoms with van der Waals surface area (Å²) in [5.41, 5.74) is 4.38. The Morgan fingerprint density at radius 3 is 2.30 bits per heavy atom. The van der Waals surface area contributed by atoms with Crippen LogP contribution in [-0.4, -0.2) is 22.4 Å². The number of nitrogens with one attached hydrogen (secondary N) is 1. The van der Waals surface area contributed by atoms with E-state index in [2.05, 4.69) is 41.1 Å². The minimum absolute atomic E-state index is 0.0864. The summed E-state index contributed by atoms with van der Waals surface area (Å²) in [6, 6.07) is 24.0. The van der Waals surface area contributed by atoms with E-state index in [4.69, 9.17) is 0 Å². The standard InChI is InChI=1S/C27H21N3O3/c1-18-11-13-19(14-12-18)16-29-17-20(22-9-5-6-10-24(22)29)15-23-25(31)28-27(33)30(26(23)32)21-7-3-2-4-8-21/h2-15,17H,16H2,1H3,(H,28,31,33)/b23-15-. The summed E-state index contributed by atoms with van der Waals surface area (Å²) < 4.78 is 2.09. The second-order valence-corrected chi connectivity index (χ2v) is 8.01. The topological polar surface area (TPSA) is 71.4 Å². The number of rotatable bonds is 4. The van der Waals surface area contributed by atoms with Gasteiger partial charge in [0.1, 0.15) is 5.57 Å². The summed E-state index contributed by atoms with van der Waals surface area (Å²) in [5.74, 6) is -1.35. The third kappa shape index (κ3) is 3.83. The molecule has 1 aliphatic rings. The smallest absolute Gasteiger partial charge is 0.335 e.